The van der Waals surface area contributed by atoms with Gasteiger partial charge in [0, 0.05) is 19.3 Å². The fourth-order valence-corrected chi connectivity index (χ4v) is 1.45. The van der Waals surface area contributed by atoms with E-state index in [1.54, 1.807) is 12.3 Å². The number of pyridine rings is 1. The SMILES string of the molecule is N#Cc1ccnc(N2CCOCC2)c1. The molecule has 0 aliphatic carbocycles. The van der Waals surface area contributed by atoms with Crippen molar-refractivity contribution in [2.75, 3.05) is 31.2 Å². The van der Waals surface area contributed by atoms with E-state index in [2.05, 4.69) is 16.0 Å². The summed E-state index contributed by atoms with van der Waals surface area (Å²) in [5, 5.41) is 8.74. The Kier molecular flexibility index (Phi) is 2.61. The quantitative estimate of drug-likeness (QED) is 0.655. The second-order valence-corrected chi connectivity index (χ2v) is 3.11. The number of anilines is 1. The molecular formula is C10H11N3O. The molecule has 4 heteroatoms. The van der Waals surface area contributed by atoms with Gasteiger partial charge in [0.05, 0.1) is 24.8 Å². The molecule has 4 nitrogen and oxygen atoms in total. The molecule has 1 aliphatic rings. The van der Waals surface area contributed by atoms with E-state index in [4.69, 9.17) is 10.00 Å². The van der Waals surface area contributed by atoms with Crippen LogP contribution in [0.4, 0.5) is 5.82 Å². The van der Waals surface area contributed by atoms with E-state index in [0.29, 0.717) is 5.56 Å². The van der Waals surface area contributed by atoms with Gasteiger partial charge in [0.1, 0.15) is 5.82 Å². The smallest absolute Gasteiger partial charge is 0.129 e. The zero-order chi connectivity index (χ0) is 9.80. The molecule has 1 saturated heterocycles. The van der Waals surface area contributed by atoms with Crippen molar-refractivity contribution in [1.29, 1.82) is 5.26 Å². The Morgan fingerprint density at radius 2 is 2.21 bits per heavy atom. The van der Waals surface area contributed by atoms with Crippen molar-refractivity contribution >= 4 is 5.82 Å². The number of rotatable bonds is 1. The fourth-order valence-electron chi connectivity index (χ4n) is 1.45. The first-order chi connectivity index (χ1) is 6.90. The first-order valence-corrected chi connectivity index (χ1v) is 4.59. The molecule has 1 fully saturated rings. The summed E-state index contributed by atoms with van der Waals surface area (Å²) >= 11 is 0. The first kappa shape index (κ1) is 8.97. The highest BCUT2D eigenvalue weighted by molar-refractivity contribution is 5.45. The van der Waals surface area contributed by atoms with Crippen molar-refractivity contribution in [3.63, 3.8) is 0 Å². The van der Waals surface area contributed by atoms with Crippen molar-refractivity contribution in [1.82, 2.24) is 4.98 Å². The number of morpholine rings is 1. The summed E-state index contributed by atoms with van der Waals surface area (Å²) in [5.41, 5.74) is 0.654. The average Bonchev–Trinajstić information content (AvgIpc) is 2.30. The largest absolute Gasteiger partial charge is 0.378 e. The third kappa shape index (κ3) is 1.83. The van der Waals surface area contributed by atoms with E-state index in [1.807, 2.05) is 6.07 Å². The molecular weight excluding hydrogens is 178 g/mol. The summed E-state index contributed by atoms with van der Waals surface area (Å²) in [6.07, 6.45) is 1.67. The molecule has 2 heterocycles. The van der Waals surface area contributed by atoms with Crippen molar-refractivity contribution in [3.8, 4) is 6.07 Å². The molecule has 0 radical (unpaired) electrons. The van der Waals surface area contributed by atoms with Crippen LogP contribution in [0.15, 0.2) is 18.3 Å². The summed E-state index contributed by atoms with van der Waals surface area (Å²) in [5.74, 6) is 0.868. The lowest BCUT2D eigenvalue weighted by atomic mass is 10.2. The molecule has 0 bridgehead atoms. The topological polar surface area (TPSA) is 49.2 Å². The molecule has 0 unspecified atom stereocenters. The standard InChI is InChI=1S/C10H11N3O/c11-8-9-1-2-12-10(7-9)13-3-5-14-6-4-13/h1-2,7H,3-6H2. The molecule has 0 spiro atoms. The van der Waals surface area contributed by atoms with Crippen molar-refractivity contribution < 1.29 is 4.74 Å². The molecule has 0 N–H and O–H groups in total. The van der Waals surface area contributed by atoms with Gasteiger partial charge >= 0.3 is 0 Å². The van der Waals surface area contributed by atoms with Crippen LogP contribution >= 0.6 is 0 Å². The van der Waals surface area contributed by atoms with Crippen LogP contribution in [0, 0.1) is 11.3 Å². The van der Waals surface area contributed by atoms with Gasteiger partial charge in [0.2, 0.25) is 0 Å². The Hall–Kier alpha value is -1.60. The minimum Gasteiger partial charge on any atom is -0.378 e. The maximum Gasteiger partial charge on any atom is 0.129 e. The third-order valence-corrected chi connectivity index (χ3v) is 2.21. The number of nitrogens with zero attached hydrogens (tertiary/aromatic N) is 3. The van der Waals surface area contributed by atoms with E-state index in [9.17, 15) is 0 Å². The summed E-state index contributed by atoms with van der Waals surface area (Å²) in [6.45, 7) is 3.17. The molecule has 14 heavy (non-hydrogen) atoms. The molecule has 0 atom stereocenters. The number of nitriles is 1. The fraction of sp³-hybridized carbons (Fsp3) is 0.400. The zero-order valence-electron chi connectivity index (χ0n) is 7.81. The number of aromatic nitrogens is 1. The second-order valence-electron chi connectivity index (χ2n) is 3.11. The maximum absolute atomic E-state index is 8.74. The van der Waals surface area contributed by atoms with Gasteiger partial charge in [0.25, 0.3) is 0 Å². The Balaban J connectivity index is 2.18. The van der Waals surface area contributed by atoms with Gasteiger partial charge in [-0.25, -0.2) is 4.98 Å². The van der Waals surface area contributed by atoms with E-state index in [-0.39, 0.29) is 0 Å². The predicted octanol–water partition coefficient (Wildman–Crippen LogP) is 0.790. The summed E-state index contributed by atoms with van der Waals surface area (Å²) in [7, 11) is 0. The molecule has 2 rings (SSSR count). The highest BCUT2D eigenvalue weighted by Gasteiger charge is 2.12. The van der Waals surface area contributed by atoms with Crippen LogP contribution < -0.4 is 4.90 Å². The van der Waals surface area contributed by atoms with Crippen LogP contribution in [0.1, 0.15) is 5.56 Å². The Morgan fingerprint density at radius 1 is 1.43 bits per heavy atom. The van der Waals surface area contributed by atoms with Crippen LogP contribution in [0.5, 0.6) is 0 Å². The first-order valence-electron chi connectivity index (χ1n) is 4.59. The lowest BCUT2D eigenvalue weighted by Crippen LogP contribution is -2.36. The highest BCUT2D eigenvalue weighted by Crippen LogP contribution is 2.13. The number of hydrogen-bond acceptors (Lipinski definition) is 4. The van der Waals surface area contributed by atoms with Crippen LogP contribution in [0.25, 0.3) is 0 Å². The molecule has 1 aromatic rings. The second kappa shape index (κ2) is 4.07. The van der Waals surface area contributed by atoms with Gasteiger partial charge in [-0.3, -0.25) is 0 Å². The van der Waals surface area contributed by atoms with Gasteiger partial charge < -0.3 is 9.64 Å². The van der Waals surface area contributed by atoms with Crippen molar-refractivity contribution in [2.24, 2.45) is 0 Å². The van der Waals surface area contributed by atoms with Crippen LogP contribution in [0.2, 0.25) is 0 Å². The third-order valence-electron chi connectivity index (χ3n) is 2.21. The Labute approximate surface area is 82.7 Å². The number of ether oxygens (including phenoxy) is 1. The van der Waals surface area contributed by atoms with Gasteiger partial charge in [-0.2, -0.15) is 5.26 Å². The maximum atomic E-state index is 8.74. The Bertz CT molecular complexity index is 353. The Morgan fingerprint density at radius 3 is 2.93 bits per heavy atom. The van der Waals surface area contributed by atoms with Gasteiger partial charge in [0.15, 0.2) is 0 Å². The van der Waals surface area contributed by atoms with E-state index < -0.39 is 0 Å². The highest BCUT2D eigenvalue weighted by atomic mass is 16.5. The summed E-state index contributed by atoms with van der Waals surface area (Å²) in [4.78, 5) is 6.36. The molecule has 1 aliphatic heterocycles. The summed E-state index contributed by atoms with van der Waals surface area (Å²) in [6, 6.07) is 5.63. The van der Waals surface area contributed by atoms with Gasteiger partial charge in [-0.15, -0.1) is 0 Å². The van der Waals surface area contributed by atoms with E-state index in [0.717, 1.165) is 32.1 Å². The van der Waals surface area contributed by atoms with Crippen molar-refractivity contribution in [3.05, 3.63) is 23.9 Å². The predicted molar refractivity (Wildman–Crippen MR) is 52.0 cm³/mol. The minimum absolute atomic E-state index is 0.654. The molecule has 0 saturated carbocycles. The lowest BCUT2D eigenvalue weighted by molar-refractivity contribution is 0.122. The zero-order valence-corrected chi connectivity index (χ0v) is 7.81. The van der Waals surface area contributed by atoms with Crippen LogP contribution in [0.3, 0.4) is 0 Å². The van der Waals surface area contributed by atoms with E-state index >= 15 is 0 Å². The molecule has 0 amide bonds. The average molecular weight is 189 g/mol. The lowest BCUT2D eigenvalue weighted by Gasteiger charge is -2.27. The van der Waals surface area contributed by atoms with Crippen LogP contribution in [-0.2, 0) is 4.74 Å². The van der Waals surface area contributed by atoms with Crippen molar-refractivity contribution in [2.45, 2.75) is 0 Å². The number of hydrogen-bond donors (Lipinski definition) is 0. The molecule has 1 aromatic heterocycles. The molecule has 0 aromatic carbocycles. The van der Waals surface area contributed by atoms with Gasteiger partial charge in [-0.1, -0.05) is 0 Å². The normalized spacial score (nSPS) is 16.4. The summed E-state index contributed by atoms with van der Waals surface area (Å²) < 4.78 is 5.24. The van der Waals surface area contributed by atoms with Gasteiger partial charge in [-0.05, 0) is 12.1 Å². The molecule has 72 valence electrons. The monoisotopic (exact) mass is 189 g/mol. The minimum atomic E-state index is 0.654. The van der Waals surface area contributed by atoms with E-state index in [1.165, 1.54) is 0 Å². The van der Waals surface area contributed by atoms with Crippen LogP contribution in [-0.4, -0.2) is 31.3 Å².